The molecule has 3 N–H and O–H groups in total. The molecule has 10 heteroatoms. The standard InChI is InChI=1S/C17H26N7O3/c1-11-7-18-8-12(2)24(11,9-13(26)15-19-5-4-6-20-15)16-21-14(10-25)22-17(23-16)27-3/h4-6,11-13,18,25-26H,7-10H2,1-3H3/q+1/t11-,12+,13-,24?/m1/s1. The minimum absolute atomic E-state index is 0.0609. The molecule has 2 aromatic rings. The SMILES string of the molecule is COc1nc(CO)nc([N+]2(C[C@@H](O)c3ncccn3)[C@H](C)CNC[C@@H]2C)n1. The number of piperazine rings is 1. The predicted octanol–water partition coefficient (Wildman–Crippen LogP) is -0.416. The monoisotopic (exact) mass is 376 g/mol. The molecule has 1 aliphatic heterocycles. The van der Waals surface area contributed by atoms with E-state index in [0.29, 0.717) is 22.8 Å². The van der Waals surface area contributed by atoms with Gasteiger partial charge < -0.3 is 20.3 Å². The molecule has 0 bridgehead atoms. The first kappa shape index (κ1) is 19.5. The fourth-order valence-electron chi connectivity index (χ4n) is 3.68. The molecular weight excluding hydrogens is 350 g/mol. The van der Waals surface area contributed by atoms with E-state index in [0.717, 1.165) is 13.1 Å². The van der Waals surface area contributed by atoms with E-state index in [-0.39, 0.29) is 30.5 Å². The van der Waals surface area contributed by atoms with E-state index >= 15 is 0 Å². The van der Waals surface area contributed by atoms with Gasteiger partial charge in [0.2, 0.25) is 0 Å². The normalized spacial score (nSPS) is 26.6. The van der Waals surface area contributed by atoms with Gasteiger partial charge in [-0.2, -0.15) is 9.97 Å². The number of hydrogen-bond donors (Lipinski definition) is 3. The molecule has 4 atom stereocenters. The fourth-order valence-corrected chi connectivity index (χ4v) is 3.68. The van der Waals surface area contributed by atoms with Gasteiger partial charge in [0.05, 0.1) is 7.11 Å². The van der Waals surface area contributed by atoms with Crippen LogP contribution in [0.1, 0.15) is 31.6 Å². The summed E-state index contributed by atoms with van der Waals surface area (Å²) < 4.78 is 5.51. The van der Waals surface area contributed by atoms with Crippen LogP contribution in [0.25, 0.3) is 0 Å². The Kier molecular flexibility index (Phi) is 5.90. The maximum absolute atomic E-state index is 10.9. The fraction of sp³-hybridized carbons (Fsp3) is 0.588. The summed E-state index contributed by atoms with van der Waals surface area (Å²) in [6.07, 6.45) is 2.32. The van der Waals surface area contributed by atoms with Gasteiger partial charge in [0.15, 0.2) is 17.8 Å². The molecule has 1 aliphatic rings. The molecule has 146 valence electrons. The van der Waals surface area contributed by atoms with Crippen LogP contribution in [-0.4, -0.2) is 74.0 Å². The van der Waals surface area contributed by atoms with Crippen LogP contribution in [0.4, 0.5) is 5.95 Å². The molecule has 2 aromatic heterocycles. The highest BCUT2D eigenvalue weighted by atomic mass is 16.5. The Morgan fingerprint density at radius 3 is 2.44 bits per heavy atom. The Balaban J connectivity index is 2.08. The van der Waals surface area contributed by atoms with Crippen LogP contribution in [-0.2, 0) is 6.61 Å². The summed E-state index contributed by atoms with van der Waals surface area (Å²) in [5.41, 5.74) is 0. The van der Waals surface area contributed by atoms with Crippen LogP contribution < -0.4 is 14.5 Å². The number of rotatable bonds is 6. The topological polar surface area (TPSA) is 126 Å². The molecule has 0 radical (unpaired) electrons. The molecular formula is C17H26N7O3+. The number of aliphatic hydroxyl groups is 2. The predicted molar refractivity (Wildman–Crippen MR) is 97.7 cm³/mol. The van der Waals surface area contributed by atoms with Gasteiger partial charge in [-0.3, -0.25) is 0 Å². The van der Waals surface area contributed by atoms with E-state index < -0.39 is 6.10 Å². The van der Waals surface area contributed by atoms with E-state index in [1.165, 1.54) is 7.11 Å². The molecule has 0 saturated carbocycles. The lowest BCUT2D eigenvalue weighted by Crippen LogP contribution is -2.71. The van der Waals surface area contributed by atoms with Gasteiger partial charge in [-0.25, -0.2) is 14.5 Å². The average molecular weight is 376 g/mol. The second-order valence-electron chi connectivity index (χ2n) is 6.79. The number of methoxy groups -OCH3 is 1. The molecule has 0 aliphatic carbocycles. The van der Waals surface area contributed by atoms with Gasteiger partial charge in [0.1, 0.15) is 25.2 Å². The quantitative estimate of drug-likeness (QED) is 0.576. The van der Waals surface area contributed by atoms with Crippen LogP contribution in [0.15, 0.2) is 18.5 Å². The Bertz CT molecular complexity index is 729. The van der Waals surface area contributed by atoms with E-state index in [1.807, 2.05) is 0 Å². The maximum atomic E-state index is 10.9. The Hall–Kier alpha value is -2.27. The molecule has 3 heterocycles. The highest BCUT2D eigenvalue weighted by molar-refractivity contribution is 5.32. The number of nitrogens with zero attached hydrogens (tertiary/aromatic N) is 6. The first-order chi connectivity index (χ1) is 13.0. The third kappa shape index (κ3) is 3.74. The Morgan fingerprint density at radius 1 is 1.19 bits per heavy atom. The van der Waals surface area contributed by atoms with E-state index in [2.05, 4.69) is 44.1 Å². The van der Waals surface area contributed by atoms with E-state index in [9.17, 15) is 10.2 Å². The van der Waals surface area contributed by atoms with Gasteiger partial charge in [-0.1, -0.05) is 0 Å². The van der Waals surface area contributed by atoms with Crippen molar-refractivity contribution < 1.29 is 14.9 Å². The van der Waals surface area contributed by atoms with Crippen LogP contribution in [0.5, 0.6) is 6.01 Å². The zero-order chi connectivity index (χ0) is 19.4. The molecule has 1 fully saturated rings. The summed E-state index contributed by atoms with van der Waals surface area (Å²) >= 11 is 0. The molecule has 0 amide bonds. The Morgan fingerprint density at radius 2 is 1.85 bits per heavy atom. The van der Waals surface area contributed by atoms with Gasteiger partial charge in [-0.05, 0) is 19.9 Å². The third-order valence-corrected chi connectivity index (χ3v) is 5.16. The lowest BCUT2D eigenvalue weighted by molar-refractivity contribution is 0.0431. The highest BCUT2D eigenvalue weighted by Crippen LogP contribution is 2.32. The summed E-state index contributed by atoms with van der Waals surface area (Å²) in [7, 11) is 1.47. The van der Waals surface area contributed by atoms with Crippen molar-refractivity contribution in [1.29, 1.82) is 0 Å². The minimum atomic E-state index is -0.894. The second-order valence-corrected chi connectivity index (χ2v) is 6.79. The van der Waals surface area contributed by atoms with Crippen LogP contribution in [0.3, 0.4) is 0 Å². The van der Waals surface area contributed by atoms with Crippen molar-refractivity contribution >= 4 is 5.95 Å². The first-order valence-corrected chi connectivity index (χ1v) is 8.94. The van der Waals surface area contributed by atoms with Crippen molar-refractivity contribution in [3.05, 3.63) is 30.1 Å². The molecule has 1 saturated heterocycles. The van der Waals surface area contributed by atoms with E-state index in [1.54, 1.807) is 18.5 Å². The summed E-state index contributed by atoms with van der Waals surface area (Å²) in [6.45, 7) is 5.60. The number of quaternary nitrogens is 1. The molecule has 27 heavy (non-hydrogen) atoms. The molecule has 0 spiro atoms. The Labute approximate surface area is 157 Å². The van der Waals surface area contributed by atoms with Crippen LogP contribution in [0.2, 0.25) is 0 Å². The molecule has 3 rings (SSSR count). The first-order valence-electron chi connectivity index (χ1n) is 8.94. The van der Waals surface area contributed by atoms with Gasteiger partial charge >= 0.3 is 12.0 Å². The van der Waals surface area contributed by atoms with Crippen molar-refractivity contribution in [2.45, 2.75) is 38.6 Å². The van der Waals surface area contributed by atoms with Crippen LogP contribution in [0, 0.1) is 0 Å². The van der Waals surface area contributed by atoms with Crippen molar-refractivity contribution in [2.75, 3.05) is 26.7 Å². The maximum Gasteiger partial charge on any atom is 0.336 e. The summed E-state index contributed by atoms with van der Waals surface area (Å²) in [6, 6.07) is 1.97. The number of ether oxygens (including phenoxy) is 1. The van der Waals surface area contributed by atoms with Gasteiger partial charge in [0.25, 0.3) is 0 Å². The average Bonchev–Trinajstić information content (AvgIpc) is 2.71. The zero-order valence-electron chi connectivity index (χ0n) is 15.8. The van der Waals surface area contributed by atoms with Gasteiger partial charge in [-0.15, -0.1) is 4.98 Å². The van der Waals surface area contributed by atoms with Gasteiger partial charge in [0, 0.05) is 25.5 Å². The van der Waals surface area contributed by atoms with Crippen LogP contribution >= 0.6 is 0 Å². The smallest absolute Gasteiger partial charge is 0.336 e. The zero-order valence-corrected chi connectivity index (χ0v) is 15.8. The summed E-state index contributed by atoms with van der Waals surface area (Å²) in [5.74, 6) is 1.05. The lowest BCUT2D eigenvalue weighted by atomic mass is 10.0. The molecule has 1 unspecified atom stereocenters. The summed E-state index contributed by atoms with van der Waals surface area (Å²) in [4.78, 5) is 21.4. The van der Waals surface area contributed by atoms with Crippen molar-refractivity contribution in [3.63, 3.8) is 0 Å². The number of aliphatic hydroxyl groups excluding tert-OH is 2. The molecule has 10 nitrogen and oxygen atoms in total. The highest BCUT2D eigenvalue weighted by Gasteiger charge is 2.49. The second kappa shape index (κ2) is 8.17. The number of hydrogen-bond acceptors (Lipinski definition) is 9. The van der Waals surface area contributed by atoms with Crippen molar-refractivity contribution in [2.24, 2.45) is 0 Å². The van der Waals surface area contributed by atoms with Crippen molar-refractivity contribution in [3.8, 4) is 6.01 Å². The lowest BCUT2D eigenvalue weighted by Gasteiger charge is -2.49. The van der Waals surface area contributed by atoms with E-state index in [4.69, 9.17) is 4.74 Å². The number of aromatic nitrogens is 5. The van der Waals surface area contributed by atoms with Crippen molar-refractivity contribution in [1.82, 2.24) is 34.7 Å². The minimum Gasteiger partial charge on any atom is -0.467 e. The molecule has 0 aromatic carbocycles. The summed E-state index contributed by atoms with van der Waals surface area (Å²) in [5, 5.41) is 23.8. The number of nitrogens with one attached hydrogen (secondary N) is 1. The third-order valence-electron chi connectivity index (χ3n) is 5.16. The largest absolute Gasteiger partial charge is 0.467 e.